The Kier molecular flexibility index (Phi) is 11.4. The van der Waals surface area contributed by atoms with Gasteiger partial charge in [0.1, 0.15) is 18.4 Å². The first-order valence-electron chi connectivity index (χ1n) is 15.9. The van der Waals surface area contributed by atoms with E-state index in [-0.39, 0.29) is 30.9 Å². The van der Waals surface area contributed by atoms with Gasteiger partial charge in [0.05, 0.1) is 28.4 Å². The van der Waals surface area contributed by atoms with E-state index in [0.717, 1.165) is 37.7 Å². The van der Waals surface area contributed by atoms with Gasteiger partial charge in [0.25, 0.3) is 0 Å². The molecule has 1 heterocycles. The number of aromatic nitrogens is 4. The average molecular weight is 661 g/mol. The van der Waals surface area contributed by atoms with Crippen molar-refractivity contribution in [2.45, 2.75) is 57.2 Å². The standard InChI is InChI=1S/C35H41FN6O6/c1-45-28-16-10-23(20-30(28)47-3)18-19-41(33(24-11-14-26(36)15-12-24)35(44)37-27-8-6-5-7-9-27)32(43)22-42-39-34(38-40-42)25-13-17-29(46-2)31(21-25)48-4/h10-17,20-21,27,33H,5-9,18-19,22H2,1-4H3,(H,37,44)/t33-/m1/s1. The van der Waals surface area contributed by atoms with Crippen LogP contribution in [0.15, 0.2) is 60.7 Å². The van der Waals surface area contributed by atoms with Crippen molar-refractivity contribution in [1.29, 1.82) is 0 Å². The van der Waals surface area contributed by atoms with Crippen LogP contribution in [0.4, 0.5) is 4.39 Å². The van der Waals surface area contributed by atoms with E-state index >= 15 is 0 Å². The van der Waals surface area contributed by atoms with E-state index in [1.165, 1.54) is 28.9 Å². The molecular weight excluding hydrogens is 619 g/mol. The first kappa shape index (κ1) is 34.1. The molecule has 3 aromatic carbocycles. The molecule has 0 spiro atoms. The lowest BCUT2D eigenvalue weighted by Crippen LogP contribution is -2.48. The van der Waals surface area contributed by atoms with Crippen molar-refractivity contribution in [3.8, 4) is 34.4 Å². The van der Waals surface area contributed by atoms with Crippen LogP contribution < -0.4 is 24.3 Å². The number of benzene rings is 3. The van der Waals surface area contributed by atoms with Crippen LogP contribution in [0, 0.1) is 5.82 Å². The van der Waals surface area contributed by atoms with Gasteiger partial charge in [-0.1, -0.05) is 37.5 Å². The smallest absolute Gasteiger partial charge is 0.247 e. The van der Waals surface area contributed by atoms with Crippen LogP contribution >= 0.6 is 0 Å². The first-order chi connectivity index (χ1) is 23.3. The second-order valence-electron chi connectivity index (χ2n) is 11.5. The third-order valence-corrected chi connectivity index (χ3v) is 8.48. The minimum Gasteiger partial charge on any atom is -0.493 e. The maximum atomic E-state index is 14.2. The lowest BCUT2D eigenvalue weighted by molar-refractivity contribution is -0.142. The molecule has 5 rings (SSSR count). The molecule has 1 aliphatic rings. The van der Waals surface area contributed by atoms with Gasteiger partial charge in [-0.25, -0.2) is 4.39 Å². The summed E-state index contributed by atoms with van der Waals surface area (Å²) in [5, 5.41) is 15.9. The predicted octanol–water partition coefficient (Wildman–Crippen LogP) is 4.78. The molecule has 4 aromatic rings. The van der Waals surface area contributed by atoms with Crippen LogP contribution in [0.5, 0.6) is 23.0 Å². The fourth-order valence-electron chi connectivity index (χ4n) is 5.94. The molecule has 0 radical (unpaired) electrons. The molecule has 1 N–H and O–H groups in total. The zero-order valence-corrected chi connectivity index (χ0v) is 27.6. The van der Waals surface area contributed by atoms with E-state index in [2.05, 4.69) is 20.7 Å². The zero-order valence-electron chi connectivity index (χ0n) is 27.6. The van der Waals surface area contributed by atoms with Gasteiger partial charge < -0.3 is 29.2 Å². The third kappa shape index (κ3) is 8.20. The number of methoxy groups -OCH3 is 4. The van der Waals surface area contributed by atoms with Gasteiger partial charge in [-0.3, -0.25) is 9.59 Å². The maximum Gasteiger partial charge on any atom is 0.247 e. The number of carbonyl (C=O) groups excluding carboxylic acids is 2. The zero-order chi connectivity index (χ0) is 34.0. The van der Waals surface area contributed by atoms with Crippen molar-refractivity contribution in [2.75, 3.05) is 35.0 Å². The van der Waals surface area contributed by atoms with E-state index in [1.54, 1.807) is 57.7 Å². The summed E-state index contributed by atoms with van der Waals surface area (Å²) in [6.45, 7) is -0.133. The van der Waals surface area contributed by atoms with E-state index < -0.39 is 17.8 Å². The maximum absolute atomic E-state index is 14.2. The second-order valence-corrected chi connectivity index (χ2v) is 11.5. The number of halogens is 1. The number of nitrogens with zero attached hydrogens (tertiary/aromatic N) is 5. The van der Waals surface area contributed by atoms with Gasteiger partial charge >= 0.3 is 0 Å². The van der Waals surface area contributed by atoms with Crippen molar-refractivity contribution < 1.29 is 32.9 Å². The minimum atomic E-state index is -1.03. The van der Waals surface area contributed by atoms with Gasteiger partial charge in [0.2, 0.25) is 17.6 Å². The van der Waals surface area contributed by atoms with Crippen LogP contribution in [0.25, 0.3) is 11.4 Å². The Bertz CT molecular complexity index is 1690. The van der Waals surface area contributed by atoms with Crippen LogP contribution in [-0.4, -0.2) is 77.9 Å². The molecule has 1 fully saturated rings. The number of hydrogen-bond acceptors (Lipinski definition) is 9. The lowest BCUT2D eigenvalue weighted by atomic mass is 9.94. The summed E-state index contributed by atoms with van der Waals surface area (Å²) in [5.74, 6) is 1.27. The molecule has 0 unspecified atom stereocenters. The van der Waals surface area contributed by atoms with Crippen molar-refractivity contribution in [3.63, 3.8) is 0 Å². The number of ether oxygens (including phenoxy) is 4. The number of nitrogens with one attached hydrogen (secondary N) is 1. The molecule has 48 heavy (non-hydrogen) atoms. The largest absolute Gasteiger partial charge is 0.493 e. The van der Waals surface area contributed by atoms with E-state index in [9.17, 15) is 14.0 Å². The lowest BCUT2D eigenvalue weighted by Gasteiger charge is -2.33. The van der Waals surface area contributed by atoms with Crippen molar-refractivity contribution in [2.24, 2.45) is 0 Å². The van der Waals surface area contributed by atoms with Gasteiger partial charge in [-0.2, -0.15) is 4.80 Å². The molecule has 0 bridgehead atoms. The van der Waals surface area contributed by atoms with E-state index in [4.69, 9.17) is 18.9 Å². The topological polar surface area (TPSA) is 130 Å². The monoisotopic (exact) mass is 660 g/mol. The molecule has 0 saturated heterocycles. The van der Waals surface area contributed by atoms with Gasteiger partial charge in [0, 0.05) is 18.2 Å². The van der Waals surface area contributed by atoms with Crippen molar-refractivity contribution >= 4 is 11.8 Å². The number of rotatable bonds is 14. The van der Waals surface area contributed by atoms with Crippen LogP contribution in [0.2, 0.25) is 0 Å². The third-order valence-electron chi connectivity index (χ3n) is 8.48. The predicted molar refractivity (Wildman–Crippen MR) is 175 cm³/mol. The molecule has 1 aliphatic carbocycles. The van der Waals surface area contributed by atoms with E-state index in [1.807, 2.05) is 12.1 Å². The van der Waals surface area contributed by atoms with Crippen LogP contribution in [-0.2, 0) is 22.6 Å². The SMILES string of the molecule is COc1ccc(CCN(C(=O)Cn2nnc(-c3ccc(OC)c(OC)c3)n2)[C@@H](C(=O)NC2CCCCC2)c2ccc(F)cc2)cc1OC. The molecule has 1 aromatic heterocycles. The molecule has 1 saturated carbocycles. The highest BCUT2D eigenvalue weighted by atomic mass is 19.1. The Balaban J connectivity index is 1.46. The number of amides is 2. The summed E-state index contributed by atoms with van der Waals surface area (Å²) >= 11 is 0. The summed E-state index contributed by atoms with van der Waals surface area (Å²) < 4.78 is 35.6. The number of hydrogen-bond donors (Lipinski definition) is 1. The molecular formula is C35H41FN6O6. The van der Waals surface area contributed by atoms with E-state index in [0.29, 0.717) is 40.5 Å². The number of tetrazole rings is 1. The summed E-state index contributed by atoms with van der Waals surface area (Å²) in [6, 6.07) is 15.4. The van der Waals surface area contributed by atoms with Gasteiger partial charge in [-0.05, 0) is 78.1 Å². The fraction of sp³-hybridized carbons (Fsp3) is 0.400. The molecule has 254 valence electrons. The fourth-order valence-corrected chi connectivity index (χ4v) is 5.94. The second kappa shape index (κ2) is 16.1. The summed E-state index contributed by atoms with van der Waals surface area (Å²) in [6.07, 6.45) is 5.29. The van der Waals surface area contributed by atoms with Crippen LogP contribution in [0.3, 0.4) is 0 Å². The molecule has 12 nitrogen and oxygen atoms in total. The summed E-state index contributed by atoms with van der Waals surface area (Å²) in [4.78, 5) is 31.0. The molecule has 1 atom stereocenters. The Morgan fingerprint density at radius 3 is 2.19 bits per heavy atom. The Morgan fingerprint density at radius 1 is 0.875 bits per heavy atom. The Labute approximate surface area is 279 Å². The van der Waals surface area contributed by atoms with Crippen molar-refractivity contribution in [3.05, 3.63) is 77.6 Å². The number of carbonyl (C=O) groups is 2. The average Bonchev–Trinajstić information content (AvgIpc) is 3.58. The van der Waals surface area contributed by atoms with Crippen molar-refractivity contribution in [1.82, 2.24) is 30.4 Å². The summed E-state index contributed by atoms with van der Waals surface area (Å²) in [7, 11) is 6.19. The quantitative estimate of drug-likeness (QED) is 0.203. The highest BCUT2D eigenvalue weighted by Gasteiger charge is 2.33. The highest BCUT2D eigenvalue weighted by molar-refractivity contribution is 5.89. The molecule has 13 heteroatoms. The summed E-state index contributed by atoms with van der Waals surface area (Å²) in [5.41, 5.74) is 1.97. The van der Waals surface area contributed by atoms with Gasteiger partial charge in [-0.15, -0.1) is 10.2 Å². The minimum absolute atomic E-state index is 0.00183. The molecule has 2 amide bonds. The van der Waals surface area contributed by atoms with Crippen LogP contribution in [0.1, 0.15) is 49.3 Å². The molecule has 0 aliphatic heterocycles. The Morgan fingerprint density at radius 2 is 1.52 bits per heavy atom. The van der Waals surface area contributed by atoms with Gasteiger partial charge in [0.15, 0.2) is 23.0 Å². The Hall–Kier alpha value is -5.20. The first-order valence-corrected chi connectivity index (χ1v) is 15.9. The highest BCUT2D eigenvalue weighted by Crippen LogP contribution is 2.32. The normalized spacial score (nSPS) is 13.8.